The maximum atomic E-state index is 12.7. The van der Waals surface area contributed by atoms with Crippen LogP contribution in [0.5, 0.6) is 0 Å². The highest BCUT2D eigenvalue weighted by Gasteiger charge is 2.52. The number of hydrogen-bond acceptors (Lipinski definition) is 2. The fourth-order valence-corrected chi connectivity index (χ4v) is 4.68. The van der Waals surface area contributed by atoms with Crippen molar-refractivity contribution in [3.63, 3.8) is 0 Å². The number of allylic oxidation sites excluding steroid dienone is 1. The second-order valence-corrected chi connectivity index (χ2v) is 6.53. The highest BCUT2D eigenvalue weighted by atomic mass is 16.1. The molecule has 1 N–H and O–H groups in total. The van der Waals surface area contributed by atoms with Gasteiger partial charge in [-0.05, 0) is 37.0 Å². The normalized spacial score (nSPS) is 35.5. The molecule has 0 aliphatic carbocycles. The molecule has 3 nitrogen and oxygen atoms in total. The van der Waals surface area contributed by atoms with Gasteiger partial charge in [-0.1, -0.05) is 24.3 Å². The SMILES string of the molecule is C/C=C1\CN2[C@H]3Cc4c([nH]c5ccccc45)[C@@H]2C[C@@H]1C3=O. The van der Waals surface area contributed by atoms with Crippen molar-refractivity contribution in [2.75, 3.05) is 6.54 Å². The molecule has 3 fully saturated rings. The van der Waals surface area contributed by atoms with Gasteiger partial charge in [0.25, 0.3) is 0 Å². The molecule has 0 spiro atoms. The number of aromatic nitrogens is 1. The first-order valence-corrected chi connectivity index (χ1v) is 7.82. The van der Waals surface area contributed by atoms with E-state index >= 15 is 0 Å². The average molecular weight is 278 g/mol. The van der Waals surface area contributed by atoms with Crippen molar-refractivity contribution in [2.45, 2.75) is 31.8 Å². The van der Waals surface area contributed by atoms with E-state index in [1.807, 2.05) is 0 Å². The van der Waals surface area contributed by atoms with Gasteiger partial charge in [-0.25, -0.2) is 0 Å². The zero-order chi connectivity index (χ0) is 14.1. The van der Waals surface area contributed by atoms with E-state index in [0.29, 0.717) is 11.8 Å². The number of fused-ring (bicyclic) bond motifs is 4. The van der Waals surface area contributed by atoms with E-state index in [2.05, 4.69) is 47.1 Å². The largest absolute Gasteiger partial charge is 0.357 e. The smallest absolute Gasteiger partial charge is 0.157 e. The topological polar surface area (TPSA) is 36.1 Å². The fourth-order valence-electron chi connectivity index (χ4n) is 4.68. The molecular weight excluding hydrogens is 260 g/mol. The van der Waals surface area contributed by atoms with Crippen molar-refractivity contribution in [3.8, 4) is 0 Å². The number of benzene rings is 1. The van der Waals surface area contributed by atoms with Gasteiger partial charge in [0.15, 0.2) is 5.78 Å². The third-order valence-electron chi connectivity index (χ3n) is 5.69. The molecule has 4 bridgehead atoms. The summed E-state index contributed by atoms with van der Waals surface area (Å²) in [7, 11) is 0. The zero-order valence-corrected chi connectivity index (χ0v) is 12.1. The van der Waals surface area contributed by atoms with Gasteiger partial charge >= 0.3 is 0 Å². The molecule has 1 aromatic heterocycles. The van der Waals surface area contributed by atoms with Crippen molar-refractivity contribution >= 4 is 16.7 Å². The summed E-state index contributed by atoms with van der Waals surface area (Å²) in [5.41, 5.74) is 5.28. The van der Waals surface area contributed by atoms with Crippen LogP contribution in [-0.2, 0) is 11.2 Å². The number of nitrogens with zero attached hydrogens (tertiary/aromatic N) is 1. The summed E-state index contributed by atoms with van der Waals surface area (Å²) in [6.07, 6.45) is 3.98. The molecule has 4 aliphatic heterocycles. The van der Waals surface area contributed by atoms with Crippen LogP contribution in [-0.4, -0.2) is 28.3 Å². The van der Waals surface area contributed by atoms with E-state index in [1.54, 1.807) is 0 Å². The van der Waals surface area contributed by atoms with Gasteiger partial charge in [0.1, 0.15) is 0 Å². The number of carbonyl (C=O) groups excluding carboxylic acids is 1. The van der Waals surface area contributed by atoms with E-state index in [4.69, 9.17) is 0 Å². The third-order valence-corrected chi connectivity index (χ3v) is 5.69. The number of ketones is 1. The first kappa shape index (κ1) is 11.8. The van der Waals surface area contributed by atoms with Crippen LogP contribution in [0.3, 0.4) is 0 Å². The number of hydrogen-bond donors (Lipinski definition) is 1. The van der Waals surface area contributed by atoms with Crippen LogP contribution in [0.4, 0.5) is 0 Å². The molecule has 0 amide bonds. The Hall–Kier alpha value is -1.87. The van der Waals surface area contributed by atoms with Gasteiger partial charge in [-0.15, -0.1) is 0 Å². The van der Waals surface area contributed by atoms with Crippen LogP contribution >= 0.6 is 0 Å². The van der Waals surface area contributed by atoms with Crippen LogP contribution in [0.25, 0.3) is 10.9 Å². The van der Waals surface area contributed by atoms with Gasteiger partial charge in [0, 0.05) is 29.1 Å². The van der Waals surface area contributed by atoms with Crippen LogP contribution in [0, 0.1) is 5.92 Å². The number of aromatic amines is 1. The molecule has 0 saturated carbocycles. The number of rotatable bonds is 0. The van der Waals surface area contributed by atoms with Crippen molar-refractivity contribution in [1.82, 2.24) is 9.88 Å². The van der Waals surface area contributed by atoms with Crippen molar-refractivity contribution in [1.29, 1.82) is 0 Å². The minimum Gasteiger partial charge on any atom is -0.357 e. The third kappa shape index (κ3) is 1.35. The van der Waals surface area contributed by atoms with Crippen LogP contribution in [0.1, 0.15) is 30.6 Å². The van der Waals surface area contributed by atoms with Gasteiger partial charge in [0.05, 0.1) is 12.1 Å². The number of H-pyrrole nitrogens is 1. The lowest BCUT2D eigenvalue weighted by molar-refractivity contribution is -0.137. The number of piperidine rings is 3. The molecular formula is C18H18N2O. The molecule has 6 rings (SSSR count). The highest BCUT2D eigenvalue weighted by Crippen LogP contribution is 2.50. The monoisotopic (exact) mass is 278 g/mol. The molecule has 1 aromatic carbocycles. The van der Waals surface area contributed by atoms with Crippen molar-refractivity contribution < 1.29 is 4.79 Å². The predicted molar refractivity (Wildman–Crippen MR) is 82.1 cm³/mol. The summed E-state index contributed by atoms with van der Waals surface area (Å²) < 4.78 is 0. The molecule has 4 atom stereocenters. The summed E-state index contributed by atoms with van der Waals surface area (Å²) in [6, 6.07) is 8.99. The molecule has 106 valence electrons. The maximum absolute atomic E-state index is 12.7. The molecule has 0 radical (unpaired) electrons. The Bertz CT molecular complexity index is 801. The van der Waals surface area contributed by atoms with E-state index in [0.717, 1.165) is 19.4 Å². The lowest BCUT2D eigenvalue weighted by atomic mass is 9.69. The maximum Gasteiger partial charge on any atom is 0.157 e. The van der Waals surface area contributed by atoms with Gasteiger partial charge in [-0.2, -0.15) is 0 Å². The second kappa shape index (κ2) is 3.86. The van der Waals surface area contributed by atoms with Crippen LogP contribution in [0.2, 0.25) is 0 Å². The first-order valence-electron chi connectivity index (χ1n) is 7.82. The summed E-state index contributed by atoms with van der Waals surface area (Å²) in [5.74, 6) is 0.607. The van der Waals surface area contributed by atoms with Crippen molar-refractivity contribution in [3.05, 3.63) is 47.2 Å². The number of carbonyl (C=O) groups is 1. The van der Waals surface area contributed by atoms with E-state index in [-0.39, 0.29) is 12.0 Å². The van der Waals surface area contributed by atoms with E-state index < -0.39 is 0 Å². The molecule has 1 unspecified atom stereocenters. The quantitative estimate of drug-likeness (QED) is 0.752. The molecule has 21 heavy (non-hydrogen) atoms. The average Bonchev–Trinajstić information content (AvgIpc) is 2.89. The minimum absolute atomic E-state index is 0.101. The van der Waals surface area contributed by atoms with Gasteiger partial charge in [-0.3, -0.25) is 9.69 Å². The van der Waals surface area contributed by atoms with Crippen LogP contribution < -0.4 is 0 Å². The van der Waals surface area contributed by atoms with Crippen LogP contribution in [0.15, 0.2) is 35.9 Å². The summed E-state index contributed by atoms with van der Waals surface area (Å²) in [5, 5.41) is 1.31. The lowest BCUT2D eigenvalue weighted by Gasteiger charge is -2.53. The van der Waals surface area contributed by atoms with Gasteiger partial charge in [0.2, 0.25) is 0 Å². The van der Waals surface area contributed by atoms with Crippen molar-refractivity contribution in [2.24, 2.45) is 5.92 Å². The molecule has 4 aliphatic rings. The van der Waals surface area contributed by atoms with Gasteiger partial charge < -0.3 is 4.98 Å². The lowest BCUT2D eigenvalue weighted by Crippen LogP contribution is -2.60. The Balaban J connectivity index is 1.72. The Morgan fingerprint density at radius 1 is 1.29 bits per heavy atom. The Kier molecular flexibility index (Phi) is 2.16. The molecule has 5 heterocycles. The molecule has 3 saturated heterocycles. The standard InChI is InChI=1S/C18H18N2O/c1-2-10-9-20-15-7-12(10)18(21)16(20)8-13-11-5-3-4-6-14(11)19-17(13)15/h2-6,12,15-16,19H,7-9H2,1H3/b10-2+/t12-,15-,16-/m0/s1. The van der Waals surface area contributed by atoms with E-state index in [1.165, 1.54) is 27.7 Å². The fraction of sp³-hybridized carbons (Fsp3) is 0.389. The number of para-hydroxylation sites is 1. The highest BCUT2D eigenvalue weighted by molar-refractivity contribution is 5.94. The summed E-state index contributed by atoms with van der Waals surface area (Å²) >= 11 is 0. The first-order chi connectivity index (χ1) is 10.3. The number of nitrogens with one attached hydrogen (secondary N) is 1. The van der Waals surface area contributed by atoms with E-state index in [9.17, 15) is 4.79 Å². The second-order valence-electron chi connectivity index (χ2n) is 6.53. The Morgan fingerprint density at radius 3 is 3.00 bits per heavy atom. The predicted octanol–water partition coefficient (Wildman–Crippen LogP) is 2.98. The zero-order valence-electron chi connectivity index (χ0n) is 12.1. The Labute approximate surface area is 123 Å². The summed E-state index contributed by atoms with van der Waals surface area (Å²) in [6.45, 7) is 3.03. The number of Topliss-reactive ketones (excluding diaryl/α,β-unsaturated/α-hetero) is 1. The molecule has 2 aromatic rings. The minimum atomic E-state index is 0.101. The molecule has 3 heteroatoms. The summed E-state index contributed by atoms with van der Waals surface area (Å²) in [4.78, 5) is 18.8. The Morgan fingerprint density at radius 2 is 2.14 bits per heavy atom.